The number of hydrogen-bond donors (Lipinski definition) is 10. The molecule has 0 aliphatic carbocycles. The maximum atomic E-state index is 10.3. The van der Waals surface area contributed by atoms with Crippen LogP contribution in [-0.4, -0.2) is 111 Å². The summed E-state index contributed by atoms with van der Waals surface area (Å²) in [6.07, 6.45) is -4.11. The Morgan fingerprint density at radius 3 is 1.24 bits per heavy atom. The molecule has 0 aromatic heterocycles. The van der Waals surface area contributed by atoms with Gasteiger partial charge in [0.15, 0.2) is 5.60 Å². The fourth-order valence-corrected chi connectivity index (χ4v) is 1.58. The van der Waals surface area contributed by atoms with E-state index in [-0.39, 0.29) is 53.7 Å². The van der Waals surface area contributed by atoms with Crippen LogP contribution in [0, 0.1) is 0 Å². The van der Waals surface area contributed by atoms with Crippen molar-refractivity contribution in [3.05, 3.63) is 29.8 Å². The number of aliphatic carboxylic acids is 7. The quantitative estimate of drug-likeness (QED) is 0.109. The molecule has 0 aliphatic heterocycles. The van der Waals surface area contributed by atoms with Crippen LogP contribution in [0.5, 0.6) is 5.75 Å². The topological polar surface area (TPSA) is 362 Å². The summed E-state index contributed by atoms with van der Waals surface area (Å²) in [6.45, 7) is 2.17. The molecule has 20 heteroatoms. The number of carboxylic acid groups (broad SMARTS) is 8. The Labute approximate surface area is 258 Å². The van der Waals surface area contributed by atoms with Crippen molar-refractivity contribution in [3.8, 4) is 5.75 Å². The Bertz CT molecular complexity index is 1020. The summed E-state index contributed by atoms with van der Waals surface area (Å²) < 4.78 is 0. The first-order valence-corrected chi connectivity index (χ1v) is 10.4. The molecule has 1 unspecified atom stereocenters. The van der Waals surface area contributed by atoms with Gasteiger partial charge in [-0.15, -0.1) is 0 Å². The van der Waals surface area contributed by atoms with E-state index in [0.29, 0.717) is 0 Å². The number of rotatable bonds is 10. The van der Waals surface area contributed by atoms with Gasteiger partial charge in [0, 0.05) is 5.97 Å². The number of para-hydroxylation sites is 1. The van der Waals surface area contributed by atoms with Gasteiger partial charge in [0.1, 0.15) is 17.4 Å². The molecule has 1 atom stereocenters. The van der Waals surface area contributed by atoms with Crippen LogP contribution < -0.4 is 34.7 Å². The summed E-state index contributed by atoms with van der Waals surface area (Å²) in [5.41, 5.74) is -2.81. The Balaban J connectivity index is -0.000000142. The monoisotopic (exact) mass is 620 g/mol. The van der Waals surface area contributed by atoms with Gasteiger partial charge in [-0.2, -0.15) is 0 Å². The first-order valence-electron chi connectivity index (χ1n) is 10.4. The van der Waals surface area contributed by atoms with Crippen LogP contribution in [0.4, 0.5) is 0 Å². The summed E-state index contributed by atoms with van der Waals surface area (Å²) in [5, 5.41) is 91.6. The minimum Gasteiger partial charge on any atom is -0.550 e. The number of benzene rings is 1. The molecule has 19 nitrogen and oxygen atoms in total. The number of aliphatic hydroxyl groups is 2. The van der Waals surface area contributed by atoms with Gasteiger partial charge in [0.05, 0.1) is 25.7 Å². The molecule has 0 bridgehead atoms. The number of aromatic hydroxyl groups is 1. The Morgan fingerprint density at radius 2 is 1.07 bits per heavy atom. The normalized spacial score (nSPS) is 9.71. The second-order valence-electron chi connectivity index (χ2n) is 7.09. The largest absolute Gasteiger partial charge is 1.00 e. The standard InChI is InChI=1S/C7H6O3.C6H8O7.C4H6O4.C3H6O3.C2H4O2.Na/c8-6-4-2-1-3-5(6)7(9)10;7-3(8)1-6(13,5(11)12)2-4(9)10;5-3(6)1-2-4(7)8;1-2(4)3(5)6;1-2(3)4;/h1-4,8H,(H,9,10);13H,1-2H2,(H,7,8)(H,9,10)(H,11,12);1-2H2,(H,5,6)(H,7,8);2,4H,1H3,(H,5,6);1H3,(H,3,4);/q;;;;;+1/p-1. The van der Waals surface area contributed by atoms with E-state index in [1.807, 2.05) is 0 Å². The third kappa shape index (κ3) is 33.7. The van der Waals surface area contributed by atoms with Crippen molar-refractivity contribution >= 4 is 47.8 Å². The predicted octanol–water partition coefficient (Wildman–Crippen LogP) is -5.01. The van der Waals surface area contributed by atoms with Crippen molar-refractivity contribution in [3.63, 3.8) is 0 Å². The van der Waals surface area contributed by atoms with Gasteiger partial charge in [-0.05, 0) is 26.0 Å². The van der Waals surface area contributed by atoms with Crippen LogP contribution in [0.1, 0.15) is 49.9 Å². The number of hydrogen-bond acceptors (Lipinski definition) is 12. The molecular formula is C22H29NaO19. The maximum Gasteiger partial charge on any atom is 1.00 e. The van der Waals surface area contributed by atoms with E-state index in [0.717, 1.165) is 6.92 Å². The average molecular weight is 620 g/mol. The summed E-state index contributed by atoms with van der Waals surface area (Å²) in [4.78, 5) is 78.4. The van der Waals surface area contributed by atoms with E-state index in [1.54, 1.807) is 12.1 Å². The molecule has 0 aliphatic rings. The van der Waals surface area contributed by atoms with Gasteiger partial charge in [-0.25, -0.2) is 14.4 Å². The molecule has 0 fully saturated rings. The first kappa shape index (κ1) is 47.5. The fourth-order valence-electron chi connectivity index (χ4n) is 1.58. The number of aromatic carboxylic acids is 1. The van der Waals surface area contributed by atoms with Crippen molar-refractivity contribution in [2.75, 3.05) is 0 Å². The zero-order valence-electron chi connectivity index (χ0n) is 22.4. The molecule has 10 N–H and O–H groups in total. The Morgan fingerprint density at radius 1 is 0.762 bits per heavy atom. The van der Waals surface area contributed by atoms with E-state index < -0.39 is 72.3 Å². The van der Waals surface area contributed by atoms with Crippen LogP contribution in [0.25, 0.3) is 0 Å². The van der Waals surface area contributed by atoms with Crippen molar-refractivity contribution in [2.45, 2.75) is 51.2 Å². The molecule has 0 spiro atoms. The molecule has 0 saturated carbocycles. The van der Waals surface area contributed by atoms with E-state index >= 15 is 0 Å². The molecular weight excluding hydrogens is 591 g/mol. The minimum absolute atomic E-state index is 0. The van der Waals surface area contributed by atoms with Gasteiger partial charge in [0.25, 0.3) is 0 Å². The molecule has 0 radical (unpaired) electrons. The number of carboxylic acids is 8. The molecule has 42 heavy (non-hydrogen) atoms. The van der Waals surface area contributed by atoms with Gasteiger partial charge < -0.3 is 61.0 Å². The van der Waals surface area contributed by atoms with Crippen LogP contribution >= 0.6 is 0 Å². The van der Waals surface area contributed by atoms with E-state index in [4.69, 9.17) is 61.0 Å². The number of aliphatic hydroxyl groups excluding tert-OH is 1. The molecule has 232 valence electrons. The number of carbonyl (C=O) groups excluding carboxylic acids is 1. The second kappa shape index (κ2) is 25.7. The Hall–Kier alpha value is -4.30. The molecule has 0 amide bonds. The van der Waals surface area contributed by atoms with Crippen molar-refractivity contribution in [1.29, 1.82) is 0 Å². The second-order valence-corrected chi connectivity index (χ2v) is 7.09. The molecule has 1 aromatic carbocycles. The van der Waals surface area contributed by atoms with Crippen molar-refractivity contribution < 1.29 is 124 Å². The summed E-state index contributed by atoms with van der Waals surface area (Å²) in [6, 6.07) is 5.81. The smallest absolute Gasteiger partial charge is 0.550 e. The molecule has 0 saturated heterocycles. The third-order valence-corrected chi connectivity index (χ3v) is 3.33. The summed E-state index contributed by atoms with van der Waals surface area (Å²) in [7, 11) is 0. The Kier molecular flexibility index (Phi) is 29.0. The predicted molar refractivity (Wildman–Crippen MR) is 127 cm³/mol. The zero-order chi connectivity index (χ0) is 33.5. The first-order chi connectivity index (χ1) is 18.5. The number of phenols is 1. The van der Waals surface area contributed by atoms with Gasteiger partial charge >= 0.3 is 71.3 Å². The fraction of sp³-hybridized carbons (Fsp3) is 0.364. The average Bonchev–Trinajstić information content (AvgIpc) is 2.77. The van der Waals surface area contributed by atoms with Crippen LogP contribution in [0.3, 0.4) is 0 Å². The van der Waals surface area contributed by atoms with Crippen LogP contribution in [0.2, 0.25) is 0 Å². The van der Waals surface area contributed by atoms with Crippen LogP contribution in [-0.2, 0) is 33.6 Å². The molecule has 1 aromatic rings. The summed E-state index contributed by atoms with van der Waals surface area (Å²) in [5.74, 6) is -10.8. The molecule has 1 rings (SSSR count). The van der Waals surface area contributed by atoms with Gasteiger partial charge in [-0.3, -0.25) is 19.2 Å². The van der Waals surface area contributed by atoms with Gasteiger partial charge in [0.2, 0.25) is 0 Å². The van der Waals surface area contributed by atoms with E-state index in [2.05, 4.69) is 0 Å². The SMILES string of the molecule is CC(=O)[O-].CC(O)C(=O)O.O=C(O)CC(O)(CC(=O)O)C(=O)O.O=C(O)CCC(=O)O.O=C(O)c1ccccc1O.[Na+]. The van der Waals surface area contributed by atoms with E-state index in [1.165, 1.54) is 19.1 Å². The maximum absolute atomic E-state index is 10.3. The van der Waals surface area contributed by atoms with Crippen LogP contribution in [0.15, 0.2) is 24.3 Å². The summed E-state index contributed by atoms with van der Waals surface area (Å²) >= 11 is 0. The van der Waals surface area contributed by atoms with Gasteiger partial charge in [-0.1, -0.05) is 12.1 Å². The number of carbonyl (C=O) groups is 8. The minimum atomic E-state index is -2.74. The zero-order valence-corrected chi connectivity index (χ0v) is 24.4. The molecule has 0 heterocycles. The third-order valence-electron chi connectivity index (χ3n) is 3.33. The van der Waals surface area contributed by atoms with Crippen molar-refractivity contribution in [1.82, 2.24) is 0 Å². The van der Waals surface area contributed by atoms with E-state index in [9.17, 15) is 33.6 Å². The van der Waals surface area contributed by atoms with Crippen molar-refractivity contribution in [2.24, 2.45) is 0 Å².